The number of ether oxygens (including phenoxy) is 2. The number of benzene rings is 2. The first-order valence-corrected chi connectivity index (χ1v) is 9.75. The third-order valence-corrected chi connectivity index (χ3v) is 5.00. The van der Waals surface area contributed by atoms with Crippen molar-refractivity contribution < 1.29 is 23.9 Å². The number of hydrogen-bond acceptors (Lipinski definition) is 5. The summed E-state index contributed by atoms with van der Waals surface area (Å²) in [5.41, 5.74) is 4.18. The number of amides is 3. The highest BCUT2D eigenvalue weighted by Crippen LogP contribution is 2.28. The van der Waals surface area contributed by atoms with Crippen LogP contribution < -0.4 is 20.7 Å². The zero-order chi connectivity index (χ0) is 22.5. The Morgan fingerprint density at radius 2 is 1.68 bits per heavy atom. The summed E-state index contributed by atoms with van der Waals surface area (Å²) < 4.78 is 10.4. The van der Waals surface area contributed by atoms with Crippen molar-refractivity contribution in [3.8, 4) is 5.75 Å². The number of urea groups is 1. The van der Waals surface area contributed by atoms with Gasteiger partial charge in [-0.3, -0.25) is 4.79 Å². The molecule has 3 amide bonds. The van der Waals surface area contributed by atoms with E-state index in [1.54, 1.807) is 31.2 Å². The van der Waals surface area contributed by atoms with Gasteiger partial charge in [-0.2, -0.15) is 0 Å². The Morgan fingerprint density at radius 3 is 2.29 bits per heavy atom. The number of carbonyl (C=O) groups is 3. The number of esters is 1. The number of hydrogen-bond donors (Lipinski definition) is 3. The zero-order valence-corrected chi connectivity index (χ0v) is 17.9. The second-order valence-electron chi connectivity index (χ2n) is 7.23. The number of methoxy groups -OCH3 is 1. The van der Waals surface area contributed by atoms with E-state index >= 15 is 0 Å². The molecule has 3 N–H and O–H groups in total. The van der Waals surface area contributed by atoms with Crippen LogP contribution in [-0.2, 0) is 14.3 Å². The highest BCUT2D eigenvalue weighted by atomic mass is 16.5. The average Bonchev–Trinajstić information content (AvgIpc) is 2.74. The maximum Gasteiger partial charge on any atom is 0.337 e. The Labute approximate surface area is 180 Å². The van der Waals surface area contributed by atoms with Gasteiger partial charge in [-0.1, -0.05) is 30.3 Å². The lowest BCUT2D eigenvalue weighted by Crippen LogP contribution is -2.45. The van der Waals surface area contributed by atoms with Gasteiger partial charge < -0.3 is 25.4 Å². The van der Waals surface area contributed by atoms with E-state index < -0.39 is 18.0 Å². The molecular formula is C23H25N3O5. The Bertz CT molecular complexity index is 1020. The molecule has 1 aliphatic rings. The summed E-state index contributed by atoms with van der Waals surface area (Å²) in [7, 11) is 1.29. The molecule has 2 aromatic carbocycles. The molecule has 0 spiro atoms. The van der Waals surface area contributed by atoms with E-state index in [0.29, 0.717) is 22.6 Å². The summed E-state index contributed by atoms with van der Waals surface area (Å²) in [6.45, 7) is 5.36. The van der Waals surface area contributed by atoms with E-state index in [1.165, 1.54) is 7.11 Å². The summed E-state index contributed by atoms with van der Waals surface area (Å²) in [6, 6.07) is 11.6. The summed E-state index contributed by atoms with van der Waals surface area (Å²) in [6.07, 6.45) is 0. The number of anilines is 1. The lowest BCUT2D eigenvalue weighted by Gasteiger charge is -2.27. The van der Waals surface area contributed by atoms with Gasteiger partial charge in [0, 0.05) is 11.4 Å². The first-order valence-electron chi connectivity index (χ1n) is 9.75. The Balaban J connectivity index is 1.67. The van der Waals surface area contributed by atoms with Crippen LogP contribution in [0.25, 0.3) is 0 Å². The number of aryl methyl sites for hydroxylation is 2. The average molecular weight is 423 g/mol. The standard InChI is InChI=1S/C23H25N3O5/c1-13-6-5-7-14(2)20(13)25-18(27)12-31-17-10-8-16(9-11-17)21-19(22(28)30-4)15(3)24-23(29)26-21/h5-11,21H,12H2,1-4H3,(H,25,27)(H2,24,26,29)/t21-/m1/s1. The van der Waals surface area contributed by atoms with Crippen molar-refractivity contribution in [1.82, 2.24) is 10.6 Å². The van der Waals surface area contributed by atoms with Gasteiger partial charge in [0.2, 0.25) is 0 Å². The van der Waals surface area contributed by atoms with Gasteiger partial charge in [0.1, 0.15) is 5.75 Å². The second-order valence-corrected chi connectivity index (χ2v) is 7.23. The van der Waals surface area contributed by atoms with Gasteiger partial charge in [-0.15, -0.1) is 0 Å². The van der Waals surface area contributed by atoms with Crippen LogP contribution in [0.5, 0.6) is 5.75 Å². The zero-order valence-electron chi connectivity index (χ0n) is 17.9. The van der Waals surface area contributed by atoms with Gasteiger partial charge in [0.15, 0.2) is 6.61 Å². The molecule has 0 fully saturated rings. The maximum atomic E-state index is 12.3. The SMILES string of the molecule is COC(=O)C1=C(C)NC(=O)N[C@@H]1c1ccc(OCC(=O)Nc2c(C)cccc2C)cc1. The summed E-state index contributed by atoms with van der Waals surface area (Å²) in [4.78, 5) is 36.3. The quantitative estimate of drug-likeness (QED) is 0.619. The molecule has 1 atom stereocenters. The molecule has 2 aromatic rings. The van der Waals surface area contributed by atoms with Crippen LogP contribution >= 0.6 is 0 Å². The molecule has 0 saturated heterocycles. The van der Waals surface area contributed by atoms with Crippen molar-refractivity contribution in [3.63, 3.8) is 0 Å². The van der Waals surface area contributed by atoms with E-state index in [1.807, 2.05) is 32.0 Å². The van der Waals surface area contributed by atoms with Gasteiger partial charge >= 0.3 is 12.0 Å². The van der Waals surface area contributed by atoms with E-state index in [0.717, 1.165) is 16.8 Å². The number of carbonyl (C=O) groups excluding carboxylic acids is 3. The minimum Gasteiger partial charge on any atom is -0.484 e. The van der Waals surface area contributed by atoms with Crippen LogP contribution in [0.3, 0.4) is 0 Å². The molecule has 8 nitrogen and oxygen atoms in total. The highest BCUT2D eigenvalue weighted by Gasteiger charge is 2.31. The topological polar surface area (TPSA) is 106 Å². The van der Waals surface area contributed by atoms with Crippen molar-refractivity contribution in [3.05, 3.63) is 70.4 Å². The highest BCUT2D eigenvalue weighted by molar-refractivity contribution is 5.95. The first-order chi connectivity index (χ1) is 14.8. The summed E-state index contributed by atoms with van der Waals surface area (Å²) in [5.74, 6) is -0.307. The van der Waals surface area contributed by atoms with E-state index in [9.17, 15) is 14.4 Å². The number of nitrogens with one attached hydrogen (secondary N) is 3. The van der Waals surface area contributed by atoms with Crippen LogP contribution in [0.2, 0.25) is 0 Å². The number of allylic oxidation sites excluding steroid dienone is 1. The normalized spacial score (nSPS) is 15.6. The number of rotatable bonds is 6. The first kappa shape index (κ1) is 21.9. The molecular weight excluding hydrogens is 398 g/mol. The van der Waals surface area contributed by atoms with E-state index in [2.05, 4.69) is 16.0 Å². The fraction of sp³-hybridized carbons (Fsp3) is 0.261. The predicted octanol–water partition coefficient (Wildman–Crippen LogP) is 3.12. The molecule has 0 aliphatic carbocycles. The molecule has 1 aliphatic heterocycles. The Morgan fingerprint density at radius 1 is 1.03 bits per heavy atom. The van der Waals surface area contributed by atoms with E-state index in [-0.39, 0.29) is 12.5 Å². The van der Waals surface area contributed by atoms with Crippen molar-refractivity contribution in [2.75, 3.05) is 19.0 Å². The van der Waals surface area contributed by atoms with Gasteiger partial charge in [0.25, 0.3) is 5.91 Å². The molecule has 0 saturated carbocycles. The van der Waals surface area contributed by atoms with Crippen LogP contribution in [0.1, 0.15) is 29.7 Å². The lowest BCUT2D eigenvalue weighted by atomic mass is 9.95. The molecule has 0 unspecified atom stereocenters. The molecule has 1 heterocycles. The second kappa shape index (κ2) is 9.34. The smallest absolute Gasteiger partial charge is 0.337 e. The molecule has 31 heavy (non-hydrogen) atoms. The third kappa shape index (κ3) is 5.03. The monoisotopic (exact) mass is 423 g/mol. The van der Waals surface area contributed by atoms with Crippen molar-refractivity contribution in [2.45, 2.75) is 26.8 Å². The molecule has 8 heteroatoms. The van der Waals surface area contributed by atoms with Gasteiger partial charge in [0.05, 0.1) is 18.7 Å². The molecule has 0 bridgehead atoms. The van der Waals surface area contributed by atoms with E-state index in [4.69, 9.17) is 9.47 Å². The molecule has 3 rings (SSSR count). The van der Waals surface area contributed by atoms with Crippen molar-refractivity contribution >= 4 is 23.6 Å². The van der Waals surface area contributed by atoms with Crippen LogP contribution in [-0.4, -0.2) is 31.6 Å². The minimum absolute atomic E-state index is 0.149. The Kier molecular flexibility index (Phi) is 6.59. The Hall–Kier alpha value is -3.81. The molecule has 162 valence electrons. The van der Waals surface area contributed by atoms with Crippen molar-refractivity contribution in [1.29, 1.82) is 0 Å². The number of para-hydroxylation sites is 1. The minimum atomic E-state index is -0.650. The maximum absolute atomic E-state index is 12.3. The van der Waals surface area contributed by atoms with Crippen LogP contribution in [0.15, 0.2) is 53.7 Å². The summed E-state index contributed by atoms with van der Waals surface area (Å²) >= 11 is 0. The van der Waals surface area contributed by atoms with Gasteiger partial charge in [-0.05, 0) is 49.6 Å². The van der Waals surface area contributed by atoms with Crippen LogP contribution in [0, 0.1) is 13.8 Å². The fourth-order valence-corrected chi connectivity index (χ4v) is 3.42. The largest absolute Gasteiger partial charge is 0.484 e. The lowest BCUT2D eigenvalue weighted by molar-refractivity contribution is -0.136. The predicted molar refractivity (Wildman–Crippen MR) is 116 cm³/mol. The molecule has 0 aromatic heterocycles. The summed E-state index contributed by atoms with van der Waals surface area (Å²) in [5, 5.41) is 8.17. The third-order valence-electron chi connectivity index (χ3n) is 5.00. The fourth-order valence-electron chi connectivity index (χ4n) is 3.42. The van der Waals surface area contributed by atoms with Crippen LogP contribution in [0.4, 0.5) is 10.5 Å². The molecule has 0 radical (unpaired) electrons. The van der Waals surface area contributed by atoms with Crippen molar-refractivity contribution in [2.24, 2.45) is 0 Å². The van der Waals surface area contributed by atoms with Gasteiger partial charge in [-0.25, -0.2) is 9.59 Å².